The summed E-state index contributed by atoms with van der Waals surface area (Å²) in [5.41, 5.74) is 0.753. The Balaban J connectivity index is 1.46. The number of carbonyl (C=O) groups is 2. The molecule has 4 rings (SSSR count). The van der Waals surface area contributed by atoms with Gasteiger partial charge in [0.15, 0.2) is 5.82 Å². The Kier molecular flexibility index (Phi) is 7.45. The molecular weight excluding hydrogens is 522 g/mol. The first-order valence-electron chi connectivity index (χ1n) is 12.9. The monoisotopic (exact) mass is 554 g/mol. The van der Waals surface area contributed by atoms with Crippen LogP contribution in [0.3, 0.4) is 0 Å². The van der Waals surface area contributed by atoms with E-state index in [0.29, 0.717) is 22.5 Å². The average Bonchev–Trinajstić information content (AvgIpc) is 3.42. The van der Waals surface area contributed by atoms with Gasteiger partial charge in [-0.1, -0.05) is 36.3 Å². The Hall–Kier alpha value is -4.27. The molecule has 1 saturated carbocycles. The lowest BCUT2D eigenvalue weighted by Gasteiger charge is -2.43. The lowest BCUT2D eigenvalue weighted by atomic mass is 9.65. The number of ether oxygens (including phenoxy) is 1. The van der Waals surface area contributed by atoms with Gasteiger partial charge < -0.3 is 9.26 Å². The summed E-state index contributed by atoms with van der Waals surface area (Å²) in [6, 6.07) is 10.4. The molecule has 1 aliphatic rings. The normalized spacial score (nSPS) is 15.7. The Bertz CT molecular complexity index is 1450. The maximum absolute atomic E-state index is 13.3. The summed E-state index contributed by atoms with van der Waals surface area (Å²) in [6.45, 7) is 10.7. The van der Waals surface area contributed by atoms with Crippen LogP contribution in [0.2, 0.25) is 0 Å². The van der Waals surface area contributed by atoms with Crippen LogP contribution in [-0.2, 0) is 21.4 Å². The van der Waals surface area contributed by atoms with E-state index in [1.165, 1.54) is 6.07 Å². The van der Waals surface area contributed by atoms with Crippen LogP contribution >= 0.6 is 0 Å². The van der Waals surface area contributed by atoms with Crippen molar-refractivity contribution in [1.29, 1.82) is 5.26 Å². The highest BCUT2D eigenvalue weighted by molar-refractivity contribution is 5.91. The zero-order chi connectivity index (χ0) is 29.5. The largest absolute Gasteiger partial charge is 0.444 e. The van der Waals surface area contributed by atoms with Crippen molar-refractivity contribution in [1.82, 2.24) is 14.9 Å². The van der Waals surface area contributed by atoms with Gasteiger partial charge in [-0.15, -0.1) is 0 Å². The molecule has 1 fully saturated rings. The second-order valence-electron chi connectivity index (χ2n) is 11.6. The number of amides is 2. The van der Waals surface area contributed by atoms with Gasteiger partial charge in [0.1, 0.15) is 22.9 Å². The second-order valence-corrected chi connectivity index (χ2v) is 11.6. The molecule has 40 heavy (non-hydrogen) atoms. The van der Waals surface area contributed by atoms with Crippen molar-refractivity contribution in [2.45, 2.75) is 83.8 Å². The molecule has 2 N–H and O–H groups in total. The molecule has 12 heteroatoms. The number of halogens is 2. The van der Waals surface area contributed by atoms with Gasteiger partial charge in [-0.05, 0) is 40.2 Å². The number of benzene rings is 1. The molecule has 10 nitrogen and oxygen atoms in total. The molecule has 2 amide bonds. The first kappa shape index (κ1) is 28.7. The topological polar surface area (TPSA) is 135 Å². The summed E-state index contributed by atoms with van der Waals surface area (Å²) >= 11 is 0. The maximum Gasteiger partial charge on any atom is 0.413 e. The zero-order valence-corrected chi connectivity index (χ0v) is 23.3. The number of rotatable bonds is 7. The van der Waals surface area contributed by atoms with E-state index < -0.39 is 23.0 Å². The van der Waals surface area contributed by atoms with Gasteiger partial charge in [0, 0.05) is 35.9 Å². The number of anilines is 2. The van der Waals surface area contributed by atoms with E-state index in [1.807, 2.05) is 13.8 Å². The summed E-state index contributed by atoms with van der Waals surface area (Å²) in [5, 5.41) is 23.6. The molecule has 2 heterocycles. The minimum Gasteiger partial charge on any atom is -0.444 e. The predicted octanol–water partition coefficient (Wildman–Crippen LogP) is 6.21. The fraction of sp³-hybridized carbons (Fsp3) is 0.464. The molecule has 0 radical (unpaired) electrons. The highest BCUT2D eigenvalue weighted by Crippen LogP contribution is 2.53. The second kappa shape index (κ2) is 10.4. The van der Waals surface area contributed by atoms with Gasteiger partial charge in [0.2, 0.25) is 17.7 Å². The first-order valence-corrected chi connectivity index (χ1v) is 12.9. The summed E-state index contributed by atoms with van der Waals surface area (Å²) < 4.78 is 38.7. The van der Waals surface area contributed by atoms with Gasteiger partial charge >= 0.3 is 6.09 Å². The molecule has 0 unspecified atom stereocenters. The molecule has 0 aliphatic heterocycles. The van der Waals surface area contributed by atoms with Crippen LogP contribution < -0.4 is 10.6 Å². The molecule has 0 spiro atoms. The zero-order valence-electron chi connectivity index (χ0n) is 23.3. The van der Waals surface area contributed by atoms with Crippen molar-refractivity contribution < 1.29 is 27.6 Å². The van der Waals surface area contributed by atoms with Crippen molar-refractivity contribution in [3.63, 3.8) is 0 Å². The van der Waals surface area contributed by atoms with Crippen molar-refractivity contribution in [2.75, 3.05) is 10.6 Å². The number of alkyl halides is 2. The highest BCUT2D eigenvalue weighted by atomic mass is 19.3. The number of aromatic nitrogens is 3. The highest BCUT2D eigenvalue weighted by Gasteiger charge is 2.56. The third kappa shape index (κ3) is 6.30. The van der Waals surface area contributed by atoms with Crippen molar-refractivity contribution in [2.24, 2.45) is 0 Å². The van der Waals surface area contributed by atoms with Crippen molar-refractivity contribution in [3.8, 4) is 17.3 Å². The van der Waals surface area contributed by atoms with E-state index in [2.05, 4.69) is 27.0 Å². The van der Waals surface area contributed by atoms with Crippen molar-refractivity contribution >= 4 is 23.7 Å². The van der Waals surface area contributed by atoms with Crippen LogP contribution in [0.4, 0.5) is 25.3 Å². The molecule has 0 saturated heterocycles. The number of nitrogens with one attached hydrogen (secondary N) is 2. The number of nitriles is 1. The Morgan fingerprint density at radius 2 is 1.85 bits per heavy atom. The van der Waals surface area contributed by atoms with E-state index in [9.17, 15) is 23.6 Å². The fourth-order valence-corrected chi connectivity index (χ4v) is 4.67. The van der Waals surface area contributed by atoms with Gasteiger partial charge in [-0.2, -0.15) is 10.4 Å². The van der Waals surface area contributed by atoms with Crippen LogP contribution in [0.1, 0.15) is 77.2 Å². The van der Waals surface area contributed by atoms with Crippen molar-refractivity contribution in [3.05, 3.63) is 47.2 Å². The molecule has 0 bridgehead atoms. The van der Waals surface area contributed by atoms with Crippen LogP contribution in [0.5, 0.6) is 0 Å². The number of carbonyl (C=O) groups excluding carboxylic acids is 2. The summed E-state index contributed by atoms with van der Waals surface area (Å²) in [6.07, 6.45) is -1.30. The third-order valence-electron chi connectivity index (χ3n) is 6.41. The van der Waals surface area contributed by atoms with Gasteiger partial charge in [-0.25, -0.2) is 18.3 Å². The molecule has 1 aromatic carbocycles. The smallest absolute Gasteiger partial charge is 0.413 e. The van der Waals surface area contributed by atoms with Crippen LogP contribution in [0.15, 0.2) is 34.9 Å². The minimum absolute atomic E-state index is 0.0165. The molecular formula is C28H32F2N6O4. The fourth-order valence-electron chi connectivity index (χ4n) is 4.67. The van der Waals surface area contributed by atoms with Gasteiger partial charge in [0.05, 0.1) is 12.1 Å². The molecule has 212 valence electrons. The molecule has 3 aromatic rings. The number of nitrogens with zero attached hydrogens (tertiary/aromatic N) is 4. The van der Waals surface area contributed by atoms with E-state index in [0.717, 1.165) is 0 Å². The Labute approximate surface area is 230 Å². The summed E-state index contributed by atoms with van der Waals surface area (Å²) in [7, 11) is 0. The number of hydrogen-bond acceptors (Lipinski definition) is 7. The quantitative estimate of drug-likeness (QED) is 0.355. The lowest BCUT2D eigenvalue weighted by molar-refractivity contribution is -0.122. The lowest BCUT2D eigenvalue weighted by Crippen LogP contribution is -2.47. The van der Waals surface area contributed by atoms with E-state index in [1.54, 1.807) is 56.6 Å². The van der Waals surface area contributed by atoms with E-state index in [4.69, 9.17) is 9.26 Å². The van der Waals surface area contributed by atoms with E-state index in [-0.39, 0.29) is 48.5 Å². The molecule has 0 atom stereocenters. The maximum atomic E-state index is 13.3. The van der Waals surface area contributed by atoms with Gasteiger partial charge in [0.25, 0.3) is 0 Å². The third-order valence-corrected chi connectivity index (χ3v) is 6.41. The van der Waals surface area contributed by atoms with Crippen LogP contribution in [-0.4, -0.2) is 38.5 Å². The SMILES string of the molecule is CC(C)n1nc(-c2ccc(CC(=O)Nc3cc(C4(C)CC(F)(F)C4)no3)cc2)c(C#N)c1NC(=O)OC(C)(C)C. The predicted molar refractivity (Wildman–Crippen MR) is 143 cm³/mol. The average molecular weight is 555 g/mol. The van der Waals surface area contributed by atoms with Crippen LogP contribution in [0.25, 0.3) is 11.3 Å². The standard InChI is InChI=1S/C28H32F2N6O4/c1-16(2)36-24(33-25(38)39-26(3,4)5)19(13-31)23(34-36)18-9-7-17(8-10-18)11-21(37)32-22-12-20(35-40-22)27(6)14-28(29,30)15-27/h7-10,12,16H,11,14-15H2,1-6H3,(H,32,37)(H,33,38). The minimum atomic E-state index is -2.71. The first-order chi connectivity index (χ1) is 18.6. The summed E-state index contributed by atoms with van der Waals surface area (Å²) in [4.78, 5) is 25.0. The summed E-state index contributed by atoms with van der Waals surface area (Å²) in [5.74, 6) is -2.75. The Morgan fingerprint density at radius 1 is 1.20 bits per heavy atom. The number of hydrogen-bond donors (Lipinski definition) is 2. The molecule has 2 aromatic heterocycles. The van der Waals surface area contributed by atoms with E-state index >= 15 is 0 Å². The van der Waals surface area contributed by atoms with Crippen LogP contribution in [0, 0.1) is 11.3 Å². The van der Waals surface area contributed by atoms with Gasteiger partial charge in [-0.3, -0.25) is 15.4 Å². The molecule has 1 aliphatic carbocycles. The Morgan fingerprint density at radius 3 is 2.40 bits per heavy atom.